The van der Waals surface area contributed by atoms with Gasteiger partial charge in [0.15, 0.2) is 5.78 Å². The maximum Gasteiger partial charge on any atom is 0.170 e. The minimum absolute atomic E-state index is 0.0707. The Balaban J connectivity index is 2.26. The predicted octanol–water partition coefficient (Wildman–Crippen LogP) is 3.10. The highest BCUT2D eigenvalue weighted by Crippen LogP contribution is 2.23. The van der Waals surface area contributed by atoms with Crippen LogP contribution < -0.4 is 0 Å². The van der Waals surface area contributed by atoms with E-state index in [4.69, 9.17) is 0 Å². The molecule has 0 radical (unpaired) electrons. The van der Waals surface area contributed by atoms with Crippen LogP contribution in [0.3, 0.4) is 0 Å². The molecule has 0 fully saturated rings. The number of hydrogen-bond acceptors (Lipinski definition) is 3. The highest BCUT2D eigenvalue weighted by atomic mass is 79.9. The van der Waals surface area contributed by atoms with Gasteiger partial charge in [-0.25, -0.2) is 9.67 Å². The minimum atomic E-state index is 0.0707. The average molecular weight is 322 g/mol. The number of carbonyl (C=O) groups excluding carboxylic acids is 1. The molecule has 0 aliphatic heterocycles. The molecule has 0 saturated carbocycles. The normalized spacial score (nSPS) is 10.7. The quantitative estimate of drug-likeness (QED) is 0.813. The van der Waals surface area contributed by atoms with Crippen molar-refractivity contribution in [2.24, 2.45) is 0 Å². The lowest BCUT2D eigenvalue weighted by Crippen LogP contribution is -2.11. The molecule has 5 heteroatoms. The Hall–Kier alpha value is -1.49. The lowest BCUT2D eigenvalue weighted by molar-refractivity contribution is 0.0989. The van der Waals surface area contributed by atoms with Crippen molar-refractivity contribution in [2.45, 2.75) is 33.7 Å². The van der Waals surface area contributed by atoms with Crippen LogP contribution in [-0.2, 0) is 13.0 Å². The molecule has 0 amide bonds. The zero-order chi connectivity index (χ0) is 14.0. The van der Waals surface area contributed by atoms with E-state index in [0.29, 0.717) is 5.82 Å². The summed E-state index contributed by atoms with van der Waals surface area (Å²) >= 11 is 3.51. The van der Waals surface area contributed by atoms with E-state index in [1.165, 1.54) is 6.33 Å². The molecule has 1 aromatic heterocycles. The van der Waals surface area contributed by atoms with Crippen molar-refractivity contribution in [3.8, 4) is 0 Å². The average Bonchev–Trinajstić information content (AvgIpc) is 2.82. The van der Waals surface area contributed by atoms with E-state index in [0.717, 1.165) is 27.7 Å². The van der Waals surface area contributed by atoms with Gasteiger partial charge < -0.3 is 0 Å². The summed E-state index contributed by atoms with van der Waals surface area (Å²) < 4.78 is 2.80. The summed E-state index contributed by atoms with van der Waals surface area (Å²) in [5.41, 5.74) is 2.87. The number of ketones is 1. The van der Waals surface area contributed by atoms with Crippen molar-refractivity contribution in [1.29, 1.82) is 0 Å². The van der Waals surface area contributed by atoms with Gasteiger partial charge in [-0.2, -0.15) is 5.10 Å². The number of carbonyl (C=O) groups is 1. The van der Waals surface area contributed by atoms with Crippen LogP contribution in [0.15, 0.2) is 22.9 Å². The molecular formula is C14H16BrN3O. The van der Waals surface area contributed by atoms with Crippen molar-refractivity contribution in [1.82, 2.24) is 14.8 Å². The van der Waals surface area contributed by atoms with Crippen LogP contribution in [0.2, 0.25) is 0 Å². The topological polar surface area (TPSA) is 47.8 Å². The third-order valence-electron chi connectivity index (χ3n) is 3.07. The van der Waals surface area contributed by atoms with Crippen molar-refractivity contribution < 1.29 is 4.79 Å². The SMILES string of the molecule is CCn1ncnc1CC(=O)c1cc(C)c(Br)c(C)c1. The maximum absolute atomic E-state index is 12.3. The summed E-state index contributed by atoms with van der Waals surface area (Å²) in [6.45, 7) is 6.68. The predicted molar refractivity (Wildman–Crippen MR) is 77.3 cm³/mol. The van der Waals surface area contributed by atoms with Crippen molar-refractivity contribution in [3.05, 3.63) is 45.4 Å². The first-order valence-corrected chi connectivity index (χ1v) is 6.98. The number of benzene rings is 1. The van der Waals surface area contributed by atoms with Crippen LogP contribution in [-0.4, -0.2) is 20.5 Å². The Morgan fingerprint density at radius 3 is 2.53 bits per heavy atom. The smallest absolute Gasteiger partial charge is 0.170 e. The fraction of sp³-hybridized carbons (Fsp3) is 0.357. The van der Waals surface area contributed by atoms with E-state index in [2.05, 4.69) is 26.0 Å². The first-order valence-electron chi connectivity index (χ1n) is 6.19. The highest BCUT2D eigenvalue weighted by molar-refractivity contribution is 9.10. The summed E-state index contributed by atoms with van der Waals surface area (Å²) in [6, 6.07) is 3.82. The van der Waals surface area contributed by atoms with E-state index in [1.807, 2.05) is 32.9 Å². The molecule has 2 aromatic rings. The second-order valence-electron chi connectivity index (χ2n) is 4.52. The number of halogens is 1. The summed E-state index contributed by atoms with van der Waals surface area (Å²) in [5, 5.41) is 4.08. The Kier molecular flexibility index (Phi) is 4.14. The Bertz CT molecular complexity index is 596. The molecule has 0 N–H and O–H groups in total. The molecule has 0 saturated heterocycles. The summed E-state index contributed by atoms with van der Waals surface area (Å²) in [4.78, 5) is 16.4. The summed E-state index contributed by atoms with van der Waals surface area (Å²) in [7, 11) is 0. The van der Waals surface area contributed by atoms with Gasteiger partial charge in [-0.1, -0.05) is 15.9 Å². The van der Waals surface area contributed by atoms with Gasteiger partial charge in [-0.05, 0) is 44.0 Å². The van der Waals surface area contributed by atoms with Gasteiger partial charge >= 0.3 is 0 Å². The van der Waals surface area contributed by atoms with E-state index in [-0.39, 0.29) is 12.2 Å². The maximum atomic E-state index is 12.3. The Morgan fingerprint density at radius 2 is 1.95 bits per heavy atom. The zero-order valence-corrected chi connectivity index (χ0v) is 12.9. The molecule has 19 heavy (non-hydrogen) atoms. The van der Waals surface area contributed by atoms with Gasteiger partial charge in [0.2, 0.25) is 0 Å². The van der Waals surface area contributed by atoms with Crippen molar-refractivity contribution in [3.63, 3.8) is 0 Å². The fourth-order valence-electron chi connectivity index (χ4n) is 2.04. The number of hydrogen-bond donors (Lipinski definition) is 0. The van der Waals surface area contributed by atoms with Crippen molar-refractivity contribution in [2.75, 3.05) is 0 Å². The second-order valence-corrected chi connectivity index (χ2v) is 5.31. The Morgan fingerprint density at radius 1 is 1.32 bits per heavy atom. The molecule has 0 atom stereocenters. The number of nitrogens with zero attached hydrogens (tertiary/aromatic N) is 3. The van der Waals surface area contributed by atoms with Crippen LogP contribution in [0.25, 0.3) is 0 Å². The number of rotatable bonds is 4. The van der Waals surface area contributed by atoms with Crippen LogP contribution in [0.5, 0.6) is 0 Å². The highest BCUT2D eigenvalue weighted by Gasteiger charge is 2.13. The van der Waals surface area contributed by atoms with Gasteiger partial charge in [0.05, 0.1) is 6.42 Å². The molecule has 2 rings (SSSR count). The molecule has 0 unspecified atom stereocenters. The number of aryl methyl sites for hydroxylation is 3. The van der Waals surface area contributed by atoms with E-state index >= 15 is 0 Å². The zero-order valence-electron chi connectivity index (χ0n) is 11.3. The monoisotopic (exact) mass is 321 g/mol. The van der Waals surface area contributed by atoms with E-state index in [9.17, 15) is 4.79 Å². The first-order chi connectivity index (χ1) is 9.02. The van der Waals surface area contributed by atoms with Crippen LogP contribution in [0.4, 0.5) is 0 Å². The fourth-order valence-corrected chi connectivity index (χ4v) is 2.27. The molecule has 0 aliphatic rings. The molecule has 0 bridgehead atoms. The third kappa shape index (κ3) is 2.92. The molecule has 1 aromatic carbocycles. The van der Waals surface area contributed by atoms with Crippen LogP contribution >= 0.6 is 15.9 Å². The van der Waals surface area contributed by atoms with E-state index in [1.54, 1.807) is 4.68 Å². The van der Waals surface area contributed by atoms with Gasteiger partial charge in [0.25, 0.3) is 0 Å². The van der Waals surface area contributed by atoms with Gasteiger partial charge in [-0.15, -0.1) is 0 Å². The molecule has 0 spiro atoms. The minimum Gasteiger partial charge on any atom is -0.294 e. The second kappa shape index (κ2) is 5.65. The lowest BCUT2D eigenvalue weighted by Gasteiger charge is -2.07. The summed E-state index contributed by atoms with van der Waals surface area (Å²) in [5.74, 6) is 0.784. The van der Waals surface area contributed by atoms with E-state index < -0.39 is 0 Å². The molecule has 4 nitrogen and oxygen atoms in total. The molecular weight excluding hydrogens is 306 g/mol. The van der Waals surface area contributed by atoms with Crippen molar-refractivity contribution >= 4 is 21.7 Å². The van der Waals surface area contributed by atoms with Gasteiger partial charge in [0.1, 0.15) is 12.2 Å². The Labute approximate surface area is 121 Å². The largest absolute Gasteiger partial charge is 0.294 e. The first kappa shape index (κ1) is 13.9. The van der Waals surface area contributed by atoms with Gasteiger partial charge in [-0.3, -0.25) is 4.79 Å². The van der Waals surface area contributed by atoms with Gasteiger partial charge in [0, 0.05) is 16.6 Å². The number of Topliss-reactive ketones (excluding diaryl/α,β-unsaturated/α-hetero) is 1. The standard InChI is InChI=1S/C14H16BrN3O/c1-4-18-13(16-8-17-18)7-12(19)11-5-9(2)14(15)10(3)6-11/h5-6,8H,4,7H2,1-3H3. The van der Waals surface area contributed by atoms with Crippen LogP contribution in [0, 0.1) is 13.8 Å². The molecule has 100 valence electrons. The number of aromatic nitrogens is 3. The molecule has 0 aliphatic carbocycles. The molecule has 1 heterocycles. The summed E-state index contributed by atoms with van der Waals surface area (Å²) in [6.07, 6.45) is 1.78. The lowest BCUT2D eigenvalue weighted by atomic mass is 10.0. The van der Waals surface area contributed by atoms with Crippen LogP contribution in [0.1, 0.15) is 34.2 Å². The third-order valence-corrected chi connectivity index (χ3v) is 4.32.